The molecule has 4 amide bonds. The quantitative estimate of drug-likeness (QED) is 0.148. The van der Waals surface area contributed by atoms with Crippen molar-refractivity contribution >= 4 is 40.5 Å². The Bertz CT molecular complexity index is 1160. The Hall–Kier alpha value is -3.97. The summed E-state index contributed by atoms with van der Waals surface area (Å²) in [5, 5.41) is 27.4. The molecule has 2 rings (SSSR count). The molecule has 10 N–H and O–H groups in total. The Morgan fingerprint density at radius 2 is 1.58 bits per heavy atom. The van der Waals surface area contributed by atoms with Gasteiger partial charge in [0.05, 0.1) is 18.6 Å². The van der Waals surface area contributed by atoms with Gasteiger partial charge >= 0.3 is 5.97 Å². The fourth-order valence-electron chi connectivity index (χ4n) is 3.95. The molecule has 2 aromatic rings. The predicted molar refractivity (Wildman–Crippen MR) is 138 cm³/mol. The van der Waals surface area contributed by atoms with E-state index in [1.165, 1.54) is 6.92 Å². The molecule has 0 spiro atoms. The van der Waals surface area contributed by atoms with Gasteiger partial charge in [0.15, 0.2) is 0 Å². The third kappa shape index (κ3) is 8.56. The normalized spacial score (nSPS) is 15.2. The van der Waals surface area contributed by atoms with Crippen LogP contribution >= 0.6 is 0 Å². The van der Waals surface area contributed by atoms with Gasteiger partial charge in [0, 0.05) is 23.5 Å². The maximum Gasteiger partial charge on any atom is 0.326 e. The van der Waals surface area contributed by atoms with Crippen LogP contribution in [0.5, 0.6) is 0 Å². The summed E-state index contributed by atoms with van der Waals surface area (Å²) in [6.45, 7) is 5.02. The summed E-state index contributed by atoms with van der Waals surface area (Å²) in [5.41, 5.74) is 12.6. The molecule has 0 fully saturated rings. The van der Waals surface area contributed by atoms with Gasteiger partial charge in [-0.3, -0.25) is 19.2 Å². The fraction of sp³-hybridized carbons (Fsp3) is 0.480. The van der Waals surface area contributed by atoms with E-state index in [4.69, 9.17) is 11.5 Å². The van der Waals surface area contributed by atoms with Crippen LogP contribution < -0.4 is 27.4 Å². The van der Waals surface area contributed by atoms with Gasteiger partial charge in [0.1, 0.15) is 18.1 Å². The number of aliphatic hydroxyl groups excluding tert-OH is 1. The second-order valence-corrected chi connectivity index (χ2v) is 9.66. The van der Waals surface area contributed by atoms with Crippen LogP contribution in [0.4, 0.5) is 0 Å². The average molecular weight is 533 g/mol. The van der Waals surface area contributed by atoms with Crippen LogP contribution in [0.1, 0.15) is 39.2 Å². The SMILES string of the molecule is CC(C)CC(N)C(=O)NC(Cc1c[nH]c2ccccc12)C(=O)NC(C(=O)NC(CC(N)=O)C(=O)O)C(C)O. The monoisotopic (exact) mass is 532 g/mol. The molecule has 5 unspecified atom stereocenters. The Balaban J connectivity index is 2.28. The minimum Gasteiger partial charge on any atom is -0.480 e. The lowest BCUT2D eigenvalue weighted by Gasteiger charge is -2.26. The number of carboxylic acid groups (broad SMARTS) is 1. The highest BCUT2D eigenvalue weighted by molar-refractivity contribution is 5.95. The zero-order valence-corrected chi connectivity index (χ0v) is 21.6. The first-order chi connectivity index (χ1) is 17.8. The topological polar surface area (TPSA) is 230 Å². The van der Waals surface area contributed by atoms with Crippen molar-refractivity contribution in [2.75, 3.05) is 0 Å². The van der Waals surface area contributed by atoms with Crippen LogP contribution in [-0.4, -0.2) is 75.1 Å². The second-order valence-electron chi connectivity index (χ2n) is 9.66. The first kappa shape index (κ1) is 30.3. The number of H-pyrrole nitrogens is 1. The van der Waals surface area contributed by atoms with Crippen molar-refractivity contribution in [1.29, 1.82) is 0 Å². The lowest BCUT2D eigenvalue weighted by Crippen LogP contribution is -2.60. The molecule has 0 bridgehead atoms. The minimum absolute atomic E-state index is 0.0313. The summed E-state index contributed by atoms with van der Waals surface area (Å²) < 4.78 is 0. The summed E-state index contributed by atoms with van der Waals surface area (Å²) >= 11 is 0. The highest BCUT2D eigenvalue weighted by Crippen LogP contribution is 2.19. The molecule has 1 aromatic carbocycles. The molecule has 1 aromatic heterocycles. The first-order valence-corrected chi connectivity index (χ1v) is 12.2. The second kappa shape index (κ2) is 13.5. The van der Waals surface area contributed by atoms with Gasteiger partial charge in [0.25, 0.3) is 0 Å². The number of aliphatic carboxylic acids is 1. The molecule has 0 radical (unpaired) electrons. The molecule has 1 heterocycles. The van der Waals surface area contributed by atoms with E-state index in [9.17, 15) is 34.2 Å². The summed E-state index contributed by atoms with van der Waals surface area (Å²) in [6.07, 6.45) is -0.0270. The van der Waals surface area contributed by atoms with Gasteiger partial charge in [-0.1, -0.05) is 32.0 Å². The Morgan fingerprint density at radius 1 is 0.947 bits per heavy atom. The minimum atomic E-state index is -1.66. The van der Waals surface area contributed by atoms with Crippen LogP contribution in [-0.2, 0) is 30.4 Å². The number of nitrogens with one attached hydrogen (secondary N) is 4. The number of amides is 4. The van der Waals surface area contributed by atoms with Gasteiger partial charge in [-0.25, -0.2) is 4.79 Å². The van der Waals surface area contributed by atoms with E-state index >= 15 is 0 Å². The largest absolute Gasteiger partial charge is 0.480 e. The van der Waals surface area contributed by atoms with Crippen LogP contribution in [0.25, 0.3) is 10.9 Å². The van der Waals surface area contributed by atoms with E-state index in [0.29, 0.717) is 12.0 Å². The van der Waals surface area contributed by atoms with E-state index < -0.39 is 66.3 Å². The van der Waals surface area contributed by atoms with Crippen molar-refractivity contribution in [3.63, 3.8) is 0 Å². The van der Waals surface area contributed by atoms with E-state index in [2.05, 4.69) is 20.9 Å². The van der Waals surface area contributed by atoms with Crippen molar-refractivity contribution in [3.8, 4) is 0 Å². The van der Waals surface area contributed by atoms with Crippen molar-refractivity contribution in [2.45, 2.75) is 70.3 Å². The molecule has 0 saturated heterocycles. The van der Waals surface area contributed by atoms with Crippen LogP contribution in [0.2, 0.25) is 0 Å². The molecule has 0 aliphatic heterocycles. The van der Waals surface area contributed by atoms with Gasteiger partial charge in [-0.15, -0.1) is 0 Å². The molecule has 13 heteroatoms. The maximum atomic E-state index is 13.3. The van der Waals surface area contributed by atoms with Crippen molar-refractivity contribution in [3.05, 3.63) is 36.0 Å². The van der Waals surface area contributed by atoms with Gasteiger partial charge < -0.3 is 42.6 Å². The summed E-state index contributed by atoms with van der Waals surface area (Å²) in [6, 6.07) is 2.05. The lowest BCUT2D eigenvalue weighted by molar-refractivity contribution is -0.144. The van der Waals surface area contributed by atoms with E-state index in [0.717, 1.165) is 10.9 Å². The molecule has 13 nitrogen and oxygen atoms in total. The summed E-state index contributed by atoms with van der Waals surface area (Å²) in [7, 11) is 0. The number of aromatic amines is 1. The number of nitrogens with two attached hydrogens (primary N) is 2. The molecule has 38 heavy (non-hydrogen) atoms. The van der Waals surface area contributed by atoms with Gasteiger partial charge in [-0.2, -0.15) is 0 Å². The Morgan fingerprint density at radius 3 is 2.16 bits per heavy atom. The highest BCUT2D eigenvalue weighted by atomic mass is 16.4. The molecule has 0 aliphatic carbocycles. The number of aromatic nitrogens is 1. The van der Waals surface area contributed by atoms with Crippen LogP contribution in [0.15, 0.2) is 30.5 Å². The maximum absolute atomic E-state index is 13.3. The van der Waals surface area contributed by atoms with Crippen molar-refractivity contribution in [1.82, 2.24) is 20.9 Å². The number of hydrogen-bond donors (Lipinski definition) is 8. The third-order valence-corrected chi connectivity index (χ3v) is 5.88. The first-order valence-electron chi connectivity index (χ1n) is 12.2. The lowest BCUT2D eigenvalue weighted by atomic mass is 10.0. The number of hydrogen-bond acceptors (Lipinski definition) is 7. The highest BCUT2D eigenvalue weighted by Gasteiger charge is 2.33. The zero-order valence-electron chi connectivity index (χ0n) is 21.6. The van der Waals surface area contributed by atoms with Gasteiger partial charge in [-0.05, 0) is 30.9 Å². The van der Waals surface area contributed by atoms with E-state index in [-0.39, 0.29) is 12.3 Å². The number of primary amides is 1. The number of carbonyl (C=O) groups is 5. The molecule has 208 valence electrons. The zero-order chi connectivity index (χ0) is 28.6. The third-order valence-electron chi connectivity index (χ3n) is 5.88. The number of aliphatic hydroxyl groups is 1. The van der Waals surface area contributed by atoms with E-state index in [1.807, 2.05) is 38.1 Å². The number of carbonyl (C=O) groups excluding carboxylic acids is 4. The smallest absolute Gasteiger partial charge is 0.326 e. The fourth-order valence-corrected chi connectivity index (χ4v) is 3.95. The Labute approximate surface area is 219 Å². The summed E-state index contributed by atoms with van der Waals surface area (Å²) in [4.78, 5) is 64.6. The molecular weight excluding hydrogens is 496 g/mol. The number of para-hydroxylation sites is 1. The number of fused-ring (bicyclic) bond motifs is 1. The Kier molecular flexibility index (Phi) is 10.8. The van der Waals surface area contributed by atoms with Gasteiger partial charge in [0.2, 0.25) is 23.6 Å². The number of carboxylic acids is 1. The molecule has 5 atom stereocenters. The molecular formula is C25H36N6O7. The number of rotatable bonds is 14. The van der Waals surface area contributed by atoms with Crippen molar-refractivity contribution < 1.29 is 34.2 Å². The molecule has 0 aliphatic rings. The van der Waals surface area contributed by atoms with Crippen LogP contribution in [0, 0.1) is 5.92 Å². The van der Waals surface area contributed by atoms with Crippen molar-refractivity contribution in [2.24, 2.45) is 17.4 Å². The number of benzene rings is 1. The standard InChI is InChI=1S/C25H36N6O7/c1-12(2)8-16(26)22(34)29-18(9-14-11-28-17-7-5-4-6-15(14)17)23(35)31-21(13(3)32)24(36)30-19(25(37)38)10-20(27)33/h4-7,11-13,16,18-19,21,28,32H,8-10,26H2,1-3H3,(H2,27,33)(H,29,34)(H,30,36)(H,31,35)(H,37,38). The summed E-state index contributed by atoms with van der Waals surface area (Å²) in [5.74, 6) is -4.77. The average Bonchev–Trinajstić information content (AvgIpc) is 3.23. The van der Waals surface area contributed by atoms with Crippen LogP contribution in [0.3, 0.4) is 0 Å². The predicted octanol–water partition coefficient (Wildman–Crippen LogP) is -1.12. The molecule has 0 saturated carbocycles. The van der Waals surface area contributed by atoms with E-state index in [1.54, 1.807) is 6.20 Å².